The first-order chi connectivity index (χ1) is 5.92. The third-order valence-corrected chi connectivity index (χ3v) is 3.15. The highest BCUT2D eigenvalue weighted by atomic mass is 16.5. The van der Waals surface area contributed by atoms with Gasteiger partial charge in [0.05, 0.1) is 6.61 Å². The van der Waals surface area contributed by atoms with Crippen molar-refractivity contribution in [2.75, 3.05) is 20.3 Å². The molecule has 1 N–H and O–H groups in total. The fourth-order valence-corrected chi connectivity index (χ4v) is 2.39. The standard InChI is InChI=1S/C10H19NO/c1-12-7-9-3-2-6-11-10(9)8-4-5-8/h8-11H,2-7H2,1H3. The largest absolute Gasteiger partial charge is 0.384 e. The van der Waals surface area contributed by atoms with Crippen LogP contribution in [0, 0.1) is 11.8 Å². The van der Waals surface area contributed by atoms with Crippen molar-refractivity contribution in [2.24, 2.45) is 11.8 Å². The van der Waals surface area contributed by atoms with Crippen LogP contribution in [0.1, 0.15) is 25.7 Å². The van der Waals surface area contributed by atoms with Crippen LogP contribution in [0.3, 0.4) is 0 Å². The fraction of sp³-hybridized carbons (Fsp3) is 1.00. The summed E-state index contributed by atoms with van der Waals surface area (Å²) < 4.78 is 5.25. The highest BCUT2D eigenvalue weighted by Crippen LogP contribution is 2.38. The average Bonchev–Trinajstić information content (AvgIpc) is 2.89. The summed E-state index contributed by atoms with van der Waals surface area (Å²) in [7, 11) is 1.82. The predicted octanol–water partition coefficient (Wildman–Crippen LogP) is 1.41. The Morgan fingerprint density at radius 1 is 1.33 bits per heavy atom. The molecule has 70 valence electrons. The topological polar surface area (TPSA) is 21.3 Å². The average molecular weight is 169 g/mol. The summed E-state index contributed by atoms with van der Waals surface area (Å²) in [5, 5.41) is 3.64. The van der Waals surface area contributed by atoms with Crippen LogP contribution in [0.15, 0.2) is 0 Å². The summed E-state index contributed by atoms with van der Waals surface area (Å²) in [6.45, 7) is 2.18. The molecule has 2 fully saturated rings. The molecule has 0 amide bonds. The van der Waals surface area contributed by atoms with E-state index in [-0.39, 0.29) is 0 Å². The van der Waals surface area contributed by atoms with Crippen LogP contribution in [0.25, 0.3) is 0 Å². The van der Waals surface area contributed by atoms with Crippen molar-refractivity contribution in [3.8, 4) is 0 Å². The number of hydrogen-bond acceptors (Lipinski definition) is 2. The lowest BCUT2D eigenvalue weighted by atomic mass is 9.88. The molecule has 1 aliphatic heterocycles. The van der Waals surface area contributed by atoms with Gasteiger partial charge in [-0.2, -0.15) is 0 Å². The summed E-state index contributed by atoms with van der Waals surface area (Å²) in [4.78, 5) is 0. The first-order valence-corrected chi connectivity index (χ1v) is 5.14. The maximum absolute atomic E-state index is 5.25. The maximum atomic E-state index is 5.25. The Labute approximate surface area is 74.7 Å². The number of nitrogens with one attached hydrogen (secondary N) is 1. The first kappa shape index (κ1) is 8.52. The third kappa shape index (κ3) is 1.80. The minimum absolute atomic E-state index is 0.777. The lowest BCUT2D eigenvalue weighted by Gasteiger charge is -2.32. The highest BCUT2D eigenvalue weighted by molar-refractivity contribution is 4.92. The lowest BCUT2D eigenvalue weighted by molar-refractivity contribution is 0.105. The SMILES string of the molecule is COCC1CCCNC1C1CC1. The quantitative estimate of drug-likeness (QED) is 0.689. The van der Waals surface area contributed by atoms with E-state index in [1.54, 1.807) is 0 Å². The number of rotatable bonds is 3. The van der Waals surface area contributed by atoms with Gasteiger partial charge in [0.15, 0.2) is 0 Å². The number of ether oxygens (including phenoxy) is 1. The molecule has 0 aromatic carbocycles. The van der Waals surface area contributed by atoms with E-state index in [1.165, 1.54) is 32.2 Å². The molecule has 2 rings (SSSR count). The molecule has 1 saturated heterocycles. The number of hydrogen-bond donors (Lipinski definition) is 1. The van der Waals surface area contributed by atoms with Gasteiger partial charge in [0.1, 0.15) is 0 Å². The van der Waals surface area contributed by atoms with Gasteiger partial charge in [-0.3, -0.25) is 0 Å². The van der Waals surface area contributed by atoms with Crippen LogP contribution < -0.4 is 5.32 Å². The van der Waals surface area contributed by atoms with Crippen LogP contribution >= 0.6 is 0 Å². The van der Waals surface area contributed by atoms with Crippen molar-refractivity contribution in [3.05, 3.63) is 0 Å². The molecule has 0 radical (unpaired) electrons. The highest BCUT2D eigenvalue weighted by Gasteiger charge is 2.37. The van der Waals surface area contributed by atoms with Gasteiger partial charge in [0, 0.05) is 13.2 Å². The van der Waals surface area contributed by atoms with Crippen LogP contribution in [0.4, 0.5) is 0 Å². The smallest absolute Gasteiger partial charge is 0.0505 e. The van der Waals surface area contributed by atoms with Crippen molar-refractivity contribution in [1.29, 1.82) is 0 Å². The van der Waals surface area contributed by atoms with Gasteiger partial charge in [0.25, 0.3) is 0 Å². The van der Waals surface area contributed by atoms with E-state index in [0.717, 1.165) is 24.5 Å². The third-order valence-electron chi connectivity index (χ3n) is 3.15. The molecule has 0 spiro atoms. The van der Waals surface area contributed by atoms with Crippen molar-refractivity contribution in [3.63, 3.8) is 0 Å². The van der Waals surface area contributed by atoms with E-state index in [9.17, 15) is 0 Å². The number of methoxy groups -OCH3 is 1. The van der Waals surface area contributed by atoms with E-state index >= 15 is 0 Å². The minimum Gasteiger partial charge on any atom is -0.384 e. The molecule has 2 heteroatoms. The molecule has 1 heterocycles. The second-order valence-electron chi connectivity index (χ2n) is 4.17. The van der Waals surface area contributed by atoms with E-state index in [4.69, 9.17) is 4.74 Å². The molecule has 2 nitrogen and oxygen atoms in total. The van der Waals surface area contributed by atoms with Gasteiger partial charge in [-0.15, -0.1) is 0 Å². The summed E-state index contributed by atoms with van der Waals surface area (Å²) in [5.74, 6) is 1.77. The van der Waals surface area contributed by atoms with Gasteiger partial charge in [-0.1, -0.05) is 0 Å². The van der Waals surface area contributed by atoms with Crippen LogP contribution in [0.2, 0.25) is 0 Å². The van der Waals surface area contributed by atoms with E-state index in [0.29, 0.717) is 0 Å². The molecular weight excluding hydrogens is 150 g/mol. The Balaban J connectivity index is 1.87. The molecule has 0 aromatic rings. The van der Waals surface area contributed by atoms with E-state index in [1.807, 2.05) is 7.11 Å². The monoisotopic (exact) mass is 169 g/mol. The lowest BCUT2D eigenvalue weighted by Crippen LogP contribution is -2.44. The zero-order valence-electron chi connectivity index (χ0n) is 7.88. The molecule has 2 unspecified atom stereocenters. The Bertz CT molecular complexity index is 143. The second-order valence-corrected chi connectivity index (χ2v) is 4.17. The summed E-state index contributed by atoms with van der Waals surface area (Å²) >= 11 is 0. The van der Waals surface area contributed by atoms with Crippen LogP contribution in [-0.2, 0) is 4.74 Å². The molecule has 0 bridgehead atoms. The van der Waals surface area contributed by atoms with Gasteiger partial charge in [-0.25, -0.2) is 0 Å². The normalized spacial score (nSPS) is 36.8. The Hall–Kier alpha value is -0.0800. The van der Waals surface area contributed by atoms with Crippen LogP contribution in [-0.4, -0.2) is 26.3 Å². The molecular formula is C10H19NO. The van der Waals surface area contributed by atoms with Crippen molar-refractivity contribution < 1.29 is 4.74 Å². The fourth-order valence-electron chi connectivity index (χ4n) is 2.39. The van der Waals surface area contributed by atoms with E-state index in [2.05, 4.69) is 5.32 Å². The van der Waals surface area contributed by atoms with Crippen molar-refractivity contribution in [2.45, 2.75) is 31.7 Å². The second kappa shape index (κ2) is 3.75. The maximum Gasteiger partial charge on any atom is 0.0505 e. The van der Waals surface area contributed by atoms with Gasteiger partial charge in [0.2, 0.25) is 0 Å². The Kier molecular flexibility index (Phi) is 2.66. The van der Waals surface area contributed by atoms with Gasteiger partial charge < -0.3 is 10.1 Å². The Morgan fingerprint density at radius 2 is 2.17 bits per heavy atom. The van der Waals surface area contributed by atoms with Crippen molar-refractivity contribution >= 4 is 0 Å². The van der Waals surface area contributed by atoms with Gasteiger partial charge in [-0.05, 0) is 44.1 Å². The summed E-state index contributed by atoms with van der Waals surface area (Å²) in [6, 6.07) is 0.777. The van der Waals surface area contributed by atoms with E-state index < -0.39 is 0 Å². The molecule has 1 aliphatic carbocycles. The van der Waals surface area contributed by atoms with Crippen LogP contribution in [0.5, 0.6) is 0 Å². The zero-order valence-corrected chi connectivity index (χ0v) is 7.88. The summed E-state index contributed by atoms with van der Waals surface area (Å²) in [5.41, 5.74) is 0. The van der Waals surface area contributed by atoms with Gasteiger partial charge >= 0.3 is 0 Å². The molecule has 1 saturated carbocycles. The first-order valence-electron chi connectivity index (χ1n) is 5.14. The molecule has 0 aromatic heterocycles. The zero-order chi connectivity index (χ0) is 8.39. The minimum atomic E-state index is 0.777. The predicted molar refractivity (Wildman–Crippen MR) is 49.1 cm³/mol. The summed E-state index contributed by atoms with van der Waals surface area (Å²) in [6.07, 6.45) is 5.58. The molecule has 12 heavy (non-hydrogen) atoms. The Morgan fingerprint density at radius 3 is 2.83 bits per heavy atom. The van der Waals surface area contributed by atoms with Crippen molar-refractivity contribution in [1.82, 2.24) is 5.32 Å². The molecule has 2 aliphatic rings. The number of piperidine rings is 1. The molecule has 2 atom stereocenters.